The van der Waals surface area contributed by atoms with E-state index in [1.54, 1.807) is 6.33 Å². The number of hydrogen-bond acceptors (Lipinski definition) is 7. The first kappa shape index (κ1) is 17.4. The Morgan fingerprint density at radius 2 is 2.07 bits per heavy atom. The number of hydrogen-bond donors (Lipinski definition) is 3. The molecule has 8 nitrogen and oxygen atoms in total. The molecule has 2 aliphatic rings. The van der Waals surface area contributed by atoms with Crippen molar-refractivity contribution in [2.24, 2.45) is 5.73 Å². The lowest BCUT2D eigenvalue weighted by molar-refractivity contribution is 0.0856. The van der Waals surface area contributed by atoms with E-state index in [0.29, 0.717) is 12.5 Å². The van der Waals surface area contributed by atoms with Crippen molar-refractivity contribution in [2.75, 3.05) is 36.5 Å². The second-order valence-electron chi connectivity index (χ2n) is 7.58. The van der Waals surface area contributed by atoms with Gasteiger partial charge in [0.2, 0.25) is 0 Å². The molecule has 28 heavy (non-hydrogen) atoms. The lowest BCUT2D eigenvalue weighted by Crippen LogP contribution is -2.56. The molecule has 0 spiro atoms. The number of pyridine rings is 1. The molecule has 0 aromatic carbocycles. The van der Waals surface area contributed by atoms with Gasteiger partial charge >= 0.3 is 0 Å². The van der Waals surface area contributed by atoms with Gasteiger partial charge in [-0.2, -0.15) is 0 Å². The molecule has 0 unspecified atom stereocenters. The summed E-state index contributed by atoms with van der Waals surface area (Å²) in [5.41, 5.74) is 9.02. The monoisotopic (exact) mass is 379 g/mol. The van der Waals surface area contributed by atoms with Gasteiger partial charge in [0.05, 0.1) is 17.6 Å². The highest BCUT2D eigenvalue weighted by Crippen LogP contribution is 2.34. The van der Waals surface area contributed by atoms with Crippen molar-refractivity contribution in [3.05, 3.63) is 42.0 Å². The van der Waals surface area contributed by atoms with E-state index in [4.69, 9.17) is 15.5 Å². The fourth-order valence-corrected chi connectivity index (χ4v) is 4.07. The Bertz CT molecular complexity index is 960. The van der Waals surface area contributed by atoms with Crippen molar-refractivity contribution in [2.45, 2.75) is 31.3 Å². The van der Waals surface area contributed by atoms with E-state index in [9.17, 15) is 0 Å². The van der Waals surface area contributed by atoms with Crippen LogP contribution >= 0.6 is 0 Å². The maximum atomic E-state index is 5.89. The number of fused-ring (bicyclic) bond motifs is 1. The second-order valence-corrected chi connectivity index (χ2v) is 7.58. The summed E-state index contributed by atoms with van der Waals surface area (Å²) >= 11 is 0. The maximum Gasteiger partial charge on any atom is 0.143 e. The van der Waals surface area contributed by atoms with Crippen LogP contribution in [0.1, 0.15) is 30.0 Å². The van der Waals surface area contributed by atoms with Gasteiger partial charge in [0.15, 0.2) is 0 Å². The van der Waals surface area contributed by atoms with Gasteiger partial charge in [-0.25, -0.2) is 15.0 Å². The van der Waals surface area contributed by atoms with E-state index in [1.807, 2.05) is 18.2 Å². The summed E-state index contributed by atoms with van der Waals surface area (Å²) in [6.07, 6.45) is 5.73. The number of aromatic amines is 1. The van der Waals surface area contributed by atoms with Crippen molar-refractivity contribution in [3.8, 4) is 0 Å². The smallest absolute Gasteiger partial charge is 0.143 e. The number of rotatable bonds is 5. The average molecular weight is 379 g/mol. The maximum absolute atomic E-state index is 5.89. The summed E-state index contributed by atoms with van der Waals surface area (Å²) in [4.78, 5) is 19.2. The van der Waals surface area contributed by atoms with E-state index in [2.05, 4.69) is 31.4 Å². The van der Waals surface area contributed by atoms with Gasteiger partial charge in [0.1, 0.15) is 23.6 Å². The SMILES string of the molecule is NC1CN(c2cccc(CNc3ncnc4[nH]cc(C5CCOCC5)c34)n2)C1. The van der Waals surface area contributed by atoms with Gasteiger partial charge in [0.25, 0.3) is 0 Å². The molecule has 8 heteroatoms. The summed E-state index contributed by atoms with van der Waals surface area (Å²) < 4.78 is 5.52. The molecule has 5 rings (SSSR count). The van der Waals surface area contributed by atoms with Crippen LogP contribution in [0.2, 0.25) is 0 Å². The molecule has 3 aromatic rings. The second kappa shape index (κ2) is 7.37. The molecular weight excluding hydrogens is 354 g/mol. The number of aromatic nitrogens is 4. The Balaban J connectivity index is 1.37. The highest BCUT2D eigenvalue weighted by atomic mass is 16.5. The molecule has 0 amide bonds. The number of nitrogens with zero attached hydrogens (tertiary/aromatic N) is 4. The quantitative estimate of drug-likeness (QED) is 0.623. The Labute approximate surface area is 163 Å². The van der Waals surface area contributed by atoms with E-state index < -0.39 is 0 Å². The standard InChI is InChI=1S/C20H25N7O/c21-14-10-27(11-14)17-3-1-2-15(26-17)8-22-19-18-16(13-4-6-28-7-5-13)9-23-20(18)25-12-24-19/h1-3,9,12-14H,4-8,10-11,21H2,(H2,22,23,24,25). The first-order valence-corrected chi connectivity index (χ1v) is 9.88. The normalized spacial score (nSPS) is 18.4. The molecular formula is C20H25N7O. The highest BCUT2D eigenvalue weighted by Gasteiger charge is 2.24. The number of anilines is 2. The molecule has 2 saturated heterocycles. The van der Waals surface area contributed by atoms with Crippen LogP contribution in [0.5, 0.6) is 0 Å². The van der Waals surface area contributed by atoms with Gasteiger partial charge in [-0.15, -0.1) is 0 Å². The third kappa shape index (κ3) is 3.29. The first-order valence-electron chi connectivity index (χ1n) is 9.88. The molecule has 2 fully saturated rings. The highest BCUT2D eigenvalue weighted by molar-refractivity contribution is 5.90. The molecule has 5 heterocycles. The van der Waals surface area contributed by atoms with Gasteiger partial charge in [-0.3, -0.25) is 0 Å². The van der Waals surface area contributed by atoms with E-state index in [-0.39, 0.29) is 6.04 Å². The lowest BCUT2D eigenvalue weighted by Gasteiger charge is -2.37. The first-order chi connectivity index (χ1) is 13.8. The average Bonchev–Trinajstić information content (AvgIpc) is 3.16. The van der Waals surface area contributed by atoms with Crippen LogP contribution in [0.4, 0.5) is 11.6 Å². The third-order valence-corrected chi connectivity index (χ3v) is 5.62. The Morgan fingerprint density at radius 1 is 1.21 bits per heavy atom. The largest absolute Gasteiger partial charge is 0.381 e. The fourth-order valence-electron chi connectivity index (χ4n) is 4.07. The van der Waals surface area contributed by atoms with Gasteiger partial charge in [-0.1, -0.05) is 6.07 Å². The van der Waals surface area contributed by atoms with Crippen LogP contribution in [0.3, 0.4) is 0 Å². The van der Waals surface area contributed by atoms with Gasteiger partial charge in [0, 0.05) is 38.5 Å². The van der Waals surface area contributed by atoms with Crippen molar-refractivity contribution in [1.29, 1.82) is 0 Å². The van der Waals surface area contributed by atoms with Crippen LogP contribution in [0.15, 0.2) is 30.7 Å². The summed E-state index contributed by atoms with van der Waals surface area (Å²) in [5, 5.41) is 4.56. The zero-order valence-corrected chi connectivity index (χ0v) is 15.8. The zero-order valence-electron chi connectivity index (χ0n) is 15.8. The fraction of sp³-hybridized carbons (Fsp3) is 0.450. The van der Waals surface area contributed by atoms with Crippen molar-refractivity contribution in [1.82, 2.24) is 19.9 Å². The van der Waals surface area contributed by atoms with E-state index >= 15 is 0 Å². The number of nitrogens with two attached hydrogens (primary N) is 1. The van der Waals surface area contributed by atoms with Crippen LogP contribution in [-0.2, 0) is 11.3 Å². The van der Waals surface area contributed by atoms with Gasteiger partial charge < -0.3 is 25.7 Å². The zero-order chi connectivity index (χ0) is 18.9. The van der Waals surface area contributed by atoms with Crippen molar-refractivity contribution < 1.29 is 4.74 Å². The van der Waals surface area contributed by atoms with Crippen LogP contribution < -0.4 is 16.0 Å². The molecule has 146 valence electrons. The minimum absolute atomic E-state index is 0.259. The molecule has 0 atom stereocenters. The Kier molecular flexibility index (Phi) is 4.58. The van der Waals surface area contributed by atoms with E-state index in [0.717, 1.165) is 67.5 Å². The topological polar surface area (TPSA) is 105 Å². The Hall–Kier alpha value is -2.71. The molecule has 4 N–H and O–H groups in total. The molecule has 3 aromatic heterocycles. The molecule has 0 radical (unpaired) electrons. The predicted molar refractivity (Wildman–Crippen MR) is 108 cm³/mol. The molecule has 0 saturated carbocycles. The minimum atomic E-state index is 0.259. The molecule has 0 bridgehead atoms. The van der Waals surface area contributed by atoms with Crippen LogP contribution in [0.25, 0.3) is 11.0 Å². The Morgan fingerprint density at radius 3 is 2.89 bits per heavy atom. The number of ether oxygens (including phenoxy) is 1. The molecule has 0 aliphatic carbocycles. The summed E-state index contributed by atoms with van der Waals surface area (Å²) in [5.74, 6) is 2.32. The predicted octanol–water partition coefficient (Wildman–Crippen LogP) is 2.01. The van der Waals surface area contributed by atoms with Crippen LogP contribution in [-0.4, -0.2) is 52.3 Å². The van der Waals surface area contributed by atoms with Crippen LogP contribution in [0, 0.1) is 0 Å². The lowest BCUT2D eigenvalue weighted by atomic mass is 9.92. The number of nitrogens with one attached hydrogen (secondary N) is 2. The van der Waals surface area contributed by atoms with E-state index in [1.165, 1.54) is 5.56 Å². The molecule has 2 aliphatic heterocycles. The minimum Gasteiger partial charge on any atom is -0.381 e. The summed E-state index contributed by atoms with van der Waals surface area (Å²) in [6.45, 7) is 3.97. The number of H-pyrrole nitrogens is 1. The summed E-state index contributed by atoms with van der Waals surface area (Å²) in [7, 11) is 0. The third-order valence-electron chi connectivity index (χ3n) is 5.62. The van der Waals surface area contributed by atoms with Crippen molar-refractivity contribution >= 4 is 22.7 Å². The summed E-state index contributed by atoms with van der Waals surface area (Å²) in [6, 6.07) is 6.37. The van der Waals surface area contributed by atoms with Gasteiger partial charge in [-0.05, 0) is 36.5 Å². The van der Waals surface area contributed by atoms with Crippen molar-refractivity contribution in [3.63, 3.8) is 0 Å².